The van der Waals surface area contributed by atoms with Crippen LogP contribution in [0.3, 0.4) is 0 Å². The highest BCUT2D eigenvalue weighted by Gasteiger charge is 2.32. The monoisotopic (exact) mass is 364 g/mol. The van der Waals surface area contributed by atoms with Crippen molar-refractivity contribution in [3.8, 4) is 0 Å². The first-order valence-electron chi connectivity index (χ1n) is 10.5. The van der Waals surface area contributed by atoms with Crippen molar-refractivity contribution in [3.05, 3.63) is 24.3 Å². The second-order valence-electron chi connectivity index (χ2n) is 8.09. The van der Waals surface area contributed by atoms with Crippen molar-refractivity contribution in [2.24, 2.45) is 17.8 Å². The minimum atomic E-state index is -0.748. The number of carboxylic acids is 1. The number of hydrogen-bond donors (Lipinski definition) is 3. The van der Waals surface area contributed by atoms with Crippen LogP contribution in [0.2, 0.25) is 0 Å². The molecule has 0 aliphatic heterocycles. The molecule has 0 heterocycles. The van der Waals surface area contributed by atoms with Crippen LogP contribution in [0.15, 0.2) is 24.3 Å². The molecule has 0 spiro atoms. The van der Waals surface area contributed by atoms with Crippen LogP contribution in [0.1, 0.15) is 77.0 Å². The van der Waals surface area contributed by atoms with E-state index in [0.717, 1.165) is 38.5 Å². The second-order valence-corrected chi connectivity index (χ2v) is 8.09. The van der Waals surface area contributed by atoms with Gasteiger partial charge in [-0.25, -0.2) is 0 Å². The smallest absolute Gasteiger partial charge is 0.303 e. The summed E-state index contributed by atoms with van der Waals surface area (Å²) in [5, 5.41) is 29.4. The molecule has 0 saturated heterocycles. The molecule has 2 saturated carbocycles. The molecule has 4 atom stereocenters. The molecule has 2 fully saturated rings. The maximum atomic E-state index is 10.5. The Labute approximate surface area is 158 Å². The lowest BCUT2D eigenvalue weighted by Gasteiger charge is -2.21. The Morgan fingerprint density at radius 3 is 2.46 bits per heavy atom. The third kappa shape index (κ3) is 7.24. The van der Waals surface area contributed by atoms with Crippen molar-refractivity contribution < 1.29 is 20.1 Å². The highest BCUT2D eigenvalue weighted by atomic mass is 16.4. The van der Waals surface area contributed by atoms with Crippen molar-refractivity contribution in [2.75, 3.05) is 0 Å². The predicted octanol–water partition coefficient (Wildman–Crippen LogP) is 4.46. The third-order valence-corrected chi connectivity index (χ3v) is 6.11. The molecule has 26 heavy (non-hydrogen) atoms. The lowest BCUT2D eigenvalue weighted by atomic mass is 9.88. The Kier molecular flexibility index (Phi) is 9.41. The summed E-state index contributed by atoms with van der Waals surface area (Å²) in [4.78, 5) is 10.5. The predicted molar refractivity (Wildman–Crippen MR) is 104 cm³/mol. The van der Waals surface area contributed by atoms with Gasteiger partial charge >= 0.3 is 5.97 Å². The summed E-state index contributed by atoms with van der Waals surface area (Å²) in [5.41, 5.74) is 0. The van der Waals surface area contributed by atoms with Gasteiger partial charge in [0, 0.05) is 6.42 Å². The van der Waals surface area contributed by atoms with Gasteiger partial charge in [0.2, 0.25) is 0 Å². The summed E-state index contributed by atoms with van der Waals surface area (Å²) in [5.74, 6) is 0.187. The van der Waals surface area contributed by atoms with Gasteiger partial charge in [-0.3, -0.25) is 4.79 Å². The molecule has 2 aliphatic carbocycles. The van der Waals surface area contributed by atoms with Crippen LogP contribution < -0.4 is 0 Å². The number of unbranched alkanes of at least 4 members (excludes halogenated alkanes) is 1. The van der Waals surface area contributed by atoms with E-state index in [0.29, 0.717) is 18.3 Å². The van der Waals surface area contributed by atoms with Gasteiger partial charge in [-0.1, -0.05) is 50.0 Å². The molecular weight excluding hydrogens is 328 g/mol. The average Bonchev–Trinajstić information content (AvgIpc) is 2.81. The number of allylic oxidation sites excluding steroid dienone is 3. The highest BCUT2D eigenvalue weighted by Crippen LogP contribution is 2.36. The maximum Gasteiger partial charge on any atom is 0.303 e. The van der Waals surface area contributed by atoms with Gasteiger partial charge < -0.3 is 15.3 Å². The molecular formula is C22H36O4. The minimum Gasteiger partial charge on any atom is -0.481 e. The molecule has 0 bridgehead atoms. The Hall–Kier alpha value is -1.13. The maximum absolute atomic E-state index is 10.5. The van der Waals surface area contributed by atoms with Gasteiger partial charge in [0.05, 0.1) is 12.2 Å². The molecule has 2 rings (SSSR count). The zero-order valence-electron chi connectivity index (χ0n) is 15.9. The van der Waals surface area contributed by atoms with Crippen LogP contribution >= 0.6 is 0 Å². The largest absolute Gasteiger partial charge is 0.481 e. The summed E-state index contributed by atoms with van der Waals surface area (Å²) in [6.45, 7) is 0. The minimum absolute atomic E-state index is 0.209. The van der Waals surface area contributed by atoms with Crippen molar-refractivity contribution in [3.63, 3.8) is 0 Å². The van der Waals surface area contributed by atoms with Gasteiger partial charge in [0.25, 0.3) is 0 Å². The molecule has 0 aromatic rings. The van der Waals surface area contributed by atoms with Crippen molar-refractivity contribution in [1.29, 1.82) is 0 Å². The summed E-state index contributed by atoms with van der Waals surface area (Å²) < 4.78 is 0. The Morgan fingerprint density at radius 2 is 1.77 bits per heavy atom. The quantitative estimate of drug-likeness (QED) is 0.321. The number of hydrogen-bond acceptors (Lipinski definition) is 3. The van der Waals surface area contributed by atoms with Crippen LogP contribution in [-0.4, -0.2) is 33.5 Å². The third-order valence-electron chi connectivity index (χ3n) is 6.11. The Balaban J connectivity index is 1.79. The van der Waals surface area contributed by atoms with Gasteiger partial charge in [-0.05, 0) is 62.7 Å². The first kappa shape index (κ1) is 21.2. The van der Waals surface area contributed by atoms with E-state index in [1.807, 2.05) is 12.2 Å². The van der Waals surface area contributed by atoms with Crippen LogP contribution in [0.4, 0.5) is 0 Å². The Morgan fingerprint density at radius 1 is 1.04 bits per heavy atom. The van der Waals surface area contributed by atoms with E-state index >= 15 is 0 Å². The second kappa shape index (κ2) is 11.6. The number of carbonyl (C=O) groups is 1. The molecule has 0 aromatic carbocycles. The topological polar surface area (TPSA) is 77.8 Å². The number of aliphatic carboxylic acids is 1. The number of carboxylic acid groups (broad SMARTS) is 1. The van der Waals surface area contributed by atoms with E-state index < -0.39 is 5.97 Å². The van der Waals surface area contributed by atoms with Crippen LogP contribution in [0, 0.1) is 17.8 Å². The van der Waals surface area contributed by atoms with Gasteiger partial charge in [0.1, 0.15) is 0 Å². The molecule has 148 valence electrons. The molecule has 3 N–H and O–H groups in total. The normalized spacial score (nSPS) is 29.4. The van der Waals surface area contributed by atoms with E-state index in [1.165, 1.54) is 25.7 Å². The molecule has 0 radical (unpaired) electrons. The standard InChI is InChI=1S/C22H36O4/c23-20(18-9-5-1-2-6-10-18)15-13-17-14-16-21(24)19(17)11-7-3-4-8-12-22(25)26/h3,7,13,15,17-21,23-24H,1-2,4-6,8-12,14,16H2,(H,25,26)/b7-3-,15-13+/t17-,19+,20?,21-/m0/s1. The Bertz CT molecular complexity index is 463. The molecule has 4 heteroatoms. The van der Waals surface area contributed by atoms with E-state index in [4.69, 9.17) is 5.11 Å². The van der Waals surface area contributed by atoms with E-state index in [1.54, 1.807) is 0 Å². The SMILES string of the molecule is O=C(O)CCC/C=C\C[C@H]1[C@@H](O)CC[C@@H]1/C=C/C(O)C1CCCCCC1. The fourth-order valence-electron chi connectivity index (χ4n) is 4.46. The average molecular weight is 365 g/mol. The van der Waals surface area contributed by atoms with E-state index in [9.17, 15) is 15.0 Å². The van der Waals surface area contributed by atoms with Crippen molar-refractivity contribution >= 4 is 5.97 Å². The van der Waals surface area contributed by atoms with E-state index in [-0.39, 0.29) is 24.5 Å². The molecule has 0 aromatic heterocycles. The molecule has 0 amide bonds. The number of aliphatic hydroxyl groups is 2. The summed E-state index contributed by atoms with van der Waals surface area (Å²) in [6, 6.07) is 0. The lowest BCUT2D eigenvalue weighted by molar-refractivity contribution is -0.137. The molecule has 4 nitrogen and oxygen atoms in total. The van der Waals surface area contributed by atoms with Gasteiger partial charge in [-0.2, -0.15) is 0 Å². The fourth-order valence-corrected chi connectivity index (χ4v) is 4.46. The van der Waals surface area contributed by atoms with Crippen LogP contribution in [-0.2, 0) is 4.79 Å². The first-order chi connectivity index (χ1) is 12.6. The lowest BCUT2D eigenvalue weighted by Crippen LogP contribution is -2.20. The number of aliphatic hydroxyl groups excluding tert-OH is 2. The van der Waals surface area contributed by atoms with Crippen LogP contribution in [0.5, 0.6) is 0 Å². The first-order valence-corrected chi connectivity index (χ1v) is 10.5. The summed E-state index contributed by atoms with van der Waals surface area (Å²) in [7, 11) is 0. The van der Waals surface area contributed by atoms with Crippen molar-refractivity contribution in [2.45, 2.75) is 89.3 Å². The van der Waals surface area contributed by atoms with E-state index in [2.05, 4.69) is 12.2 Å². The summed E-state index contributed by atoms with van der Waals surface area (Å²) >= 11 is 0. The summed E-state index contributed by atoms with van der Waals surface area (Å²) in [6.07, 6.45) is 19.2. The highest BCUT2D eigenvalue weighted by molar-refractivity contribution is 5.66. The van der Waals surface area contributed by atoms with Gasteiger partial charge in [0.15, 0.2) is 0 Å². The van der Waals surface area contributed by atoms with Crippen LogP contribution in [0.25, 0.3) is 0 Å². The molecule has 2 aliphatic rings. The molecule has 1 unspecified atom stereocenters. The fraction of sp³-hybridized carbons (Fsp3) is 0.773. The zero-order valence-corrected chi connectivity index (χ0v) is 15.9. The zero-order chi connectivity index (χ0) is 18.8. The number of rotatable bonds is 9. The van der Waals surface area contributed by atoms with Crippen molar-refractivity contribution in [1.82, 2.24) is 0 Å². The van der Waals surface area contributed by atoms with Gasteiger partial charge in [-0.15, -0.1) is 0 Å².